The molecule has 3 atom stereocenters. The zero-order valence-electron chi connectivity index (χ0n) is 25.8. The molecule has 0 radical (unpaired) electrons. The van der Waals surface area contributed by atoms with E-state index in [0.29, 0.717) is 45.8 Å². The fraction of sp³-hybridized carbons (Fsp3) is 0.559. The molecular formula is C34H46N4O5. The van der Waals surface area contributed by atoms with E-state index < -0.39 is 11.9 Å². The maximum atomic E-state index is 13.8. The van der Waals surface area contributed by atoms with Gasteiger partial charge in [-0.1, -0.05) is 43.7 Å². The first-order valence-electron chi connectivity index (χ1n) is 15.8. The minimum absolute atomic E-state index is 0.00935. The van der Waals surface area contributed by atoms with Crippen LogP contribution in [0.5, 0.6) is 5.75 Å². The largest absolute Gasteiger partial charge is 0.493 e. The summed E-state index contributed by atoms with van der Waals surface area (Å²) in [5.74, 6) is -0.893. The van der Waals surface area contributed by atoms with Crippen molar-refractivity contribution >= 4 is 17.8 Å². The van der Waals surface area contributed by atoms with Crippen LogP contribution in [0.25, 0.3) is 0 Å². The predicted octanol–water partition coefficient (Wildman–Crippen LogP) is 3.72. The highest BCUT2D eigenvalue weighted by Gasteiger charge is 2.47. The molecule has 3 aliphatic heterocycles. The Labute approximate surface area is 255 Å². The third kappa shape index (κ3) is 7.04. The highest BCUT2D eigenvalue weighted by Crippen LogP contribution is 2.41. The van der Waals surface area contributed by atoms with Crippen molar-refractivity contribution < 1.29 is 24.2 Å². The van der Waals surface area contributed by atoms with E-state index in [-0.39, 0.29) is 30.3 Å². The standard InChI is InChI=1S/C34H46N4O5/c1-4-5-16-36(17-8-15-35(2)3)31(39)23-38-22-28(24-11-12-30-25(20-24)14-19-43-30)32(34(41)42)29(38)13-18-37-21-26-9-6-7-10-27(26)33(37)40/h6-7,9-12,20,28-29,32H,4-5,8,13-19,21-23H2,1-3H3,(H,41,42). The first kappa shape index (κ1) is 31.0. The topological polar surface area (TPSA) is 93.6 Å². The number of amides is 2. The highest BCUT2D eigenvalue weighted by atomic mass is 16.5. The van der Waals surface area contributed by atoms with Gasteiger partial charge in [0.05, 0.1) is 19.1 Å². The predicted molar refractivity (Wildman–Crippen MR) is 165 cm³/mol. The average Bonchev–Trinajstić information content (AvgIpc) is 3.68. The SMILES string of the molecule is CCCCN(CCCN(C)C)C(=O)CN1CC(c2ccc3c(c2)CCO3)C(C(=O)O)C1CCN1Cc2ccccc2C1=O. The van der Waals surface area contributed by atoms with E-state index in [9.17, 15) is 19.5 Å². The Morgan fingerprint density at radius 2 is 1.84 bits per heavy atom. The molecule has 9 nitrogen and oxygen atoms in total. The fourth-order valence-corrected chi connectivity index (χ4v) is 6.97. The number of likely N-dealkylation sites (tertiary alicyclic amines) is 1. The number of carboxylic acid groups (broad SMARTS) is 1. The van der Waals surface area contributed by atoms with Gasteiger partial charge >= 0.3 is 5.97 Å². The van der Waals surface area contributed by atoms with E-state index in [1.165, 1.54) is 0 Å². The zero-order valence-corrected chi connectivity index (χ0v) is 25.8. The molecule has 43 heavy (non-hydrogen) atoms. The summed E-state index contributed by atoms with van der Waals surface area (Å²) >= 11 is 0. The van der Waals surface area contributed by atoms with Crippen molar-refractivity contribution in [1.82, 2.24) is 19.6 Å². The van der Waals surface area contributed by atoms with Crippen molar-refractivity contribution in [3.63, 3.8) is 0 Å². The minimum Gasteiger partial charge on any atom is -0.493 e. The van der Waals surface area contributed by atoms with Gasteiger partial charge in [-0.05, 0) is 68.7 Å². The van der Waals surface area contributed by atoms with Crippen LogP contribution in [0.3, 0.4) is 0 Å². The number of carboxylic acids is 1. The summed E-state index contributed by atoms with van der Waals surface area (Å²) in [5, 5.41) is 10.6. The number of fused-ring (bicyclic) bond motifs is 2. The second-order valence-electron chi connectivity index (χ2n) is 12.5. The van der Waals surface area contributed by atoms with Crippen LogP contribution in [0.2, 0.25) is 0 Å². The van der Waals surface area contributed by atoms with Crippen molar-refractivity contribution in [2.75, 3.05) is 60.0 Å². The van der Waals surface area contributed by atoms with Gasteiger partial charge in [0.2, 0.25) is 5.91 Å². The second kappa shape index (κ2) is 13.9. The number of rotatable bonds is 14. The van der Waals surface area contributed by atoms with Crippen LogP contribution in [0, 0.1) is 5.92 Å². The molecule has 0 aliphatic carbocycles. The maximum absolute atomic E-state index is 13.8. The molecule has 5 rings (SSSR count). The van der Waals surface area contributed by atoms with Crippen LogP contribution in [0.4, 0.5) is 0 Å². The third-order valence-corrected chi connectivity index (χ3v) is 9.27. The Bertz CT molecular complexity index is 1310. The van der Waals surface area contributed by atoms with E-state index in [0.717, 1.165) is 60.2 Å². The lowest BCUT2D eigenvalue weighted by molar-refractivity contribution is -0.144. The lowest BCUT2D eigenvalue weighted by Crippen LogP contribution is -2.46. The lowest BCUT2D eigenvalue weighted by atomic mass is 9.83. The number of hydrogen-bond acceptors (Lipinski definition) is 6. The summed E-state index contributed by atoms with van der Waals surface area (Å²) in [6, 6.07) is 13.3. The molecule has 232 valence electrons. The van der Waals surface area contributed by atoms with Crippen LogP contribution in [-0.2, 0) is 22.6 Å². The van der Waals surface area contributed by atoms with Gasteiger partial charge in [0.25, 0.3) is 5.91 Å². The number of ether oxygens (including phenoxy) is 1. The molecule has 2 aromatic rings. The van der Waals surface area contributed by atoms with Crippen LogP contribution in [0.15, 0.2) is 42.5 Å². The van der Waals surface area contributed by atoms with Crippen molar-refractivity contribution in [2.45, 2.75) is 57.5 Å². The molecule has 0 saturated carbocycles. The molecule has 3 aliphatic rings. The van der Waals surface area contributed by atoms with Gasteiger partial charge in [-0.25, -0.2) is 0 Å². The van der Waals surface area contributed by atoms with E-state index >= 15 is 0 Å². The molecule has 2 amide bonds. The Kier molecular flexibility index (Phi) is 10.0. The first-order valence-corrected chi connectivity index (χ1v) is 15.8. The quantitative estimate of drug-likeness (QED) is 0.359. The van der Waals surface area contributed by atoms with Crippen molar-refractivity contribution in [2.24, 2.45) is 5.92 Å². The van der Waals surface area contributed by atoms with Crippen LogP contribution >= 0.6 is 0 Å². The van der Waals surface area contributed by atoms with Gasteiger partial charge in [-0.15, -0.1) is 0 Å². The molecule has 2 aromatic carbocycles. The number of unbranched alkanes of at least 4 members (excludes halogenated alkanes) is 1. The highest BCUT2D eigenvalue weighted by molar-refractivity contribution is 5.98. The molecule has 0 aromatic heterocycles. The molecule has 3 unspecified atom stereocenters. The monoisotopic (exact) mass is 590 g/mol. The van der Waals surface area contributed by atoms with Gasteiger partial charge in [-0.2, -0.15) is 0 Å². The number of carbonyl (C=O) groups excluding carboxylic acids is 2. The fourth-order valence-electron chi connectivity index (χ4n) is 6.97. The summed E-state index contributed by atoms with van der Waals surface area (Å²) in [6.07, 6.45) is 4.13. The van der Waals surface area contributed by atoms with Gasteiger partial charge in [0.1, 0.15) is 5.75 Å². The second-order valence-corrected chi connectivity index (χ2v) is 12.5. The summed E-state index contributed by atoms with van der Waals surface area (Å²) in [4.78, 5) is 47.9. The number of benzene rings is 2. The minimum atomic E-state index is -0.855. The number of hydrogen-bond donors (Lipinski definition) is 1. The Hall–Kier alpha value is -3.43. The summed E-state index contributed by atoms with van der Waals surface area (Å²) < 4.78 is 5.71. The molecule has 3 heterocycles. The van der Waals surface area contributed by atoms with E-state index in [2.05, 4.69) is 22.8 Å². The third-order valence-electron chi connectivity index (χ3n) is 9.27. The van der Waals surface area contributed by atoms with Crippen LogP contribution < -0.4 is 4.74 Å². The summed E-state index contributed by atoms with van der Waals surface area (Å²) in [5.41, 5.74) is 3.82. The molecule has 0 bridgehead atoms. The van der Waals surface area contributed by atoms with Crippen molar-refractivity contribution in [1.29, 1.82) is 0 Å². The molecule has 1 fully saturated rings. The van der Waals surface area contributed by atoms with E-state index in [1.54, 1.807) is 0 Å². The van der Waals surface area contributed by atoms with E-state index in [1.807, 2.05) is 60.3 Å². The van der Waals surface area contributed by atoms with Crippen molar-refractivity contribution in [3.8, 4) is 5.75 Å². The molecule has 1 saturated heterocycles. The average molecular weight is 591 g/mol. The normalized spacial score (nSPS) is 21.3. The molecule has 1 N–H and O–H groups in total. The number of aliphatic carboxylic acids is 1. The molecule has 0 spiro atoms. The maximum Gasteiger partial charge on any atom is 0.308 e. The van der Waals surface area contributed by atoms with Crippen molar-refractivity contribution in [3.05, 3.63) is 64.7 Å². The van der Waals surface area contributed by atoms with Gasteiger partial charge in [0.15, 0.2) is 0 Å². The zero-order chi connectivity index (χ0) is 30.5. The Balaban J connectivity index is 1.37. The van der Waals surface area contributed by atoms with Crippen LogP contribution in [0.1, 0.15) is 65.6 Å². The smallest absolute Gasteiger partial charge is 0.308 e. The van der Waals surface area contributed by atoms with Gasteiger partial charge in [0, 0.05) is 56.7 Å². The Morgan fingerprint density at radius 1 is 1.05 bits per heavy atom. The number of carbonyl (C=O) groups is 3. The van der Waals surface area contributed by atoms with E-state index in [4.69, 9.17) is 4.74 Å². The van der Waals surface area contributed by atoms with Gasteiger partial charge in [-0.3, -0.25) is 19.3 Å². The summed E-state index contributed by atoms with van der Waals surface area (Å²) in [6.45, 7) is 6.70. The van der Waals surface area contributed by atoms with Crippen LogP contribution in [-0.4, -0.2) is 109 Å². The lowest BCUT2D eigenvalue weighted by Gasteiger charge is -2.31. The number of nitrogens with zero attached hydrogens (tertiary/aromatic N) is 4. The molecular weight excluding hydrogens is 544 g/mol. The Morgan fingerprint density at radius 3 is 2.58 bits per heavy atom. The van der Waals surface area contributed by atoms with Gasteiger partial charge < -0.3 is 24.5 Å². The summed E-state index contributed by atoms with van der Waals surface area (Å²) in [7, 11) is 4.07. The first-order chi connectivity index (χ1) is 20.8. The molecule has 9 heteroatoms.